The summed E-state index contributed by atoms with van der Waals surface area (Å²) >= 11 is 0. The van der Waals surface area contributed by atoms with Crippen LogP contribution in [-0.2, 0) is 13.1 Å². The molecule has 1 aromatic carbocycles. The van der Waals surface area contributed by atoms with E-state index in [1.807, 2.05) is 13.1 Å². The summed E-state index contributed by atoms with van der Waals surface area (Å²) < 4.78 is 0. The fourth-order valence-corrected chi connectivity index (χ4v) is 2.12. The highest BCUT2D eigenvalue weighted by Crippen LogP contribution is 2.15. The number of hydrogen-bond acceptors (Lipinski definition) is 3. The van der Waals surface area contributed by atoms with Crippen LogP contribution in [0, 0.1) is 0 Å². The van der Waals surface area contributed by atoms with Gasteiger partial charge in [0.1, 0.15) is 0 Å². The van der Waals surface area contributed by atoms with Crippen molar-refractivity contribution in [3.63, 3.8) is 0 Å². The molecule has 0 aliphatic heterocycles. The van der Waals surface area contributed by atoms with Gasteiger partial charge in [-0.2, -0.15) is 0 Å². The van der Waals surface area contributed by atoms with E-state index in [9.17, 15) is 0 Å². The second-order valence-electron chi connectivity index (χ2n) is 4.50. The summed E-state index contributed by atoms with van der Waals surface area (Å²) in [6.07, 6.45) is 0. The lowest BCUT2D eigenvalue weighted by Gasteiger charge is -2.22. The van der Waals surface area contributed by atoms with Gasteiger partial charge < -0.3 is 10.2 Å². The number of benzene rings is 1. The summed E-state index contributed by atoms with van der Waals surface area (Å²) in [5, 5.41) is 3.13. The van der Waals surface area contributed by atoms with Crippen LogP contribution in [0.25, 0.3) is 0 Å². The van der Waals surface area contributed by atoms with Crippen molar-refractivity contribution in [1.82, 2.24) is 10.3 Å². The third-order valence-corrected chi connectivity index (χ3v) is 3.08. The van der Waals surface area contributed by atoms with E-state index in [0.717, 1.165) is 31.0 Å². The van der Waals surface area contributed by atoms with Gasteiger partial charge in [-0.25, -0.2) is 0 Å². The molecule has 0 radical (unpaired) electrons. The number of para-hydroxylation sites is 1. The second-order valence-corrected chi connectivity index (χ2v) is 4.50. The highest BCUT2D eigenvalue weighted by molar-refractivity contribution is 5.46. The van der Waals surface area contributed by atoms with Crippen molar-refractivity contribution >= 4 is 5.69 Å². The van der Waals surface area contributed by atoms with E-state index in [-0.39, 0.29) is 0 Å². The molecular formula is C16H21N3. The summed E-state index contributed by atoms with van der Waals surface area (Å²) in [5.41, 5.74) is 3.44. The van der Waals surface area contributed by atoms with Crippen molar-refractivity contribution in [2.45, 2.75) is 20.0 Å². The predicted octanol–water partition coefficient (Wildman–Crippen LogP) is 2.83. The van der Waals surface area contributed by atoms with Gasteiger partial charge in [-0.15, -0.1) is 0 Å². The molecule has 0 saturated carbocycles. The van der Waals surface area contributed by atoms with E-state index < -0.39 is 0 Å². The molecule has 0 fully saturated rings. The Kier molecular flexibility index (Phi) is 4.93. The number of nitrogens with one attached hydrogen (secondary N) is 1. The van der Waals surface area contributed by atoms with Gasteiger partial charge in [0.25, 0.3) is 0 Å². The van der Waals surface area contributed by atoms with Crippen LogP contribution in [0.4, 0.5) is 5.69 Å². The van der Waals surface area contributed by atoms with E-state index in [1.165, 1.54) is 5.69 Å². The Morgan fingerprint density at radius 2 is 1.74 bits per heavy atom. The number of aromatic nitrogens is 1. The van der Waals surface area contributed by atoms with Crippen LogP contribution in [0.5, 0.6) is 0 Å². The summed E-state index contributed by atoms with van der Waals surface area (Å²) in [4.78, 5) is 7.00. The zero-order valence-electron chi connectivity index (χ0n) is 11.6. The SMILES string of the molecule is CCN(Cc1cccc(CNC)n1)c1ccccc1. The molecule has 0 amide bonds. The average Bonchev–Trinajstić information content (AvgIpc) is 2.46. The molecule has 100 valence electrons. The van der Waals surface area contributed by atoms with Gasteiger partial charge in [0.15, 0.2) is 0 Å². The smallest absolute Gasteiger partial charge is 0.0602 e. The van der Waals surface area contributed by atoms with Crippen molar-refractivity contribution in [3.8, 4) is 0 Å². The quantitative estimate of drug-likeness (QED) is 0.860. The molecule has 0 bridgehead atoms. The van der Waals surface area contributed by atoms with Crippen molar-refractivity contribution in [3.05, 3.63) is 59.9 Å². The summed E-state index contributed by atoms with van der Waals surface area (Å²) in [6, 6.07) is 16.7. The van der Waals surface area contributed by atoms with Gasteiger partial charge in [0.05, 0.1) is 17.9 Å². The average molecular weight is 255 g/mol. The fraction of sp³-hybridized carbons (Fsp3) is 0.312. The van der Waals surface area contributed by atoms with Crippen LogP contribution < -0.4 is 10.2 Å². The zero-order chi connectivity index (χ0) is 13.5. The molecule has 2 aromatic rings. The monoisotopic (exact) mass is 255 g/mol. The Morgan fingerprint density at radius 3 is 2.42 bits per heavy atom. The first-order valence-corrected chi connectivity index (χ1v) is 6.73. The van der Waals surface area contributed by atoms with Crippen molar-refractivity contribution in [2.75, 3.05) is 18.5 Å². The fourth-order valence-electron chi connectivity index (χ4n) is 2.12. The molecule has 3 nitrogen and oxygen atoms in total. The molecule has 2 rings (SSSR count). The van der Waals surface area contributed by atoms with Gasteiger partial charge in [-0.3, -0.25) is 4.98 Å². The number of hydrogen-bond donors (Lipinski definition) is 1. The first kappa shape index (κ1) is 13.6. The second kappa shape index (κ2) is 6.90. The maximum atomic E-state index is 4.67. The molecule has 1 heterocycles. The van der Waals surface area contributed by atoms with Gasteiger partial charge in [-0.05, 0) is 38.2 Å². The van der Waals surface area contributed by atoms with Crippen LogP contribution in [-0.4, -0.2) is 18.6 Å². The van der Waals surface area contributed by atoms with Crippen LogP contribution in [0.15, 0.2) is 48.5 Å². The predicted molar refractivity (Wildman–Crippen MR) is 80.2 cm³/mol. The van der Waals surface area contributed by atoms with Gasteiger partial charge in [-0.1, -0.05) is 24.3 Å². The molecule has 3 heteroatoms. The lowest BCUT2D eigenvalue weighted by atomic mass is 10.2. The summed E-state index contributed by atoms with van der Waals surface area (Å²) in [5.74, 6) is 0. The van der Waals surface area contributed by atoms with E-state index in [0.29, 0.717) is 0 Å². The molecule has 0 aliphatic rings. The minimum absolute atomic E-state index is 0.811. The van der Waals surface area contributed by atoms with E-state index in [4.69, 9.17) is 0 Å². The largest absolute Gasteiger partial charge is 0.366 e. The van der Waals surface area contributed by atoms with Gasteiger partial charge >= 0.3 is 0 Å². The number of nitrogens with zero attached hydrogens (tertiary/aromatic N) is 2. The van der Waals surface area contributed by atoms with E-state index in [2.05, 4.69) is 64.6 Å². The Hall–Kier alpha value is -1.87. The Balaban J connectivity index is 2.12. The van der Waals surface area contributed by atoms with Crippen molar-refractivity contribution in [1.29, 1.82) is 0 Å². The Labute approximate surface area is 115 Å². The first-order valence-electron chi connectivity index (χ1n) is 6.73. The molecule has 1 N–H and O–H groups in total. The van der Waals surface area contributed by atoms with Gasteiger partial charge in [0, 0.05) is 18.8 Å². The van der Waals surface area contributed by atoms with E-state index >= 15 is 0 Å². The molecular weight excluding hydrogens is 234 g/mol. The number of anilines is 1. The minimum atomic E-state index is 0.811. The molecule has 0 unspecified atom stereocenters. The molecule has 19 heavy (non-hydrogen) atoms. The molecule has 0 aliphatic carbocycles. The summed E-state index contributed by atoms with van der Waals surface area (Å²) in [6.45, 7) is 4.80. The normalized spacial score (nSPS) is 10.4. The lowest BCUT2D eigenvalue weighted by molar-refractivity contribution is 0.761. The summed E-state index contributed by atoms with van der Waals surface area (Å²) in [7, 11) is 1.94. The van der Waals surface area contributed by atoms with E-state index in [1.54, 1.807) is 0 Å². The third kappa shape index (κ3) is 3.80. The number of rotatable bonds is 6. The molecule has 0 saturated heterocycles. The Bertz CT molecular complexity index is 496. The highest BCUT2D eigenvalue weighted by Gasteiger charge is 2.06. The third-order valence-electron chi connectivity index (χ3n) is 3.08. The zero-order valence-corrected chi connectivity index (χ0v) is 11.6. The highest BCUT2D eigenvalue weighted by atomic mass is 15.1. The van der Waals surface area contributed by atoms with Crippen LogP contribution in [0.3, 0.4) is 0 Å². The van der Waals surface area contributed by atoms with Crippen LogP contribution >= 0.6 is 0 Å². The molecule has 0 spiro atoms. The molecule has 1 aromatic heterocycles. The van der Waals surface area contributed by atoms with Gasteiger partial charge in [0.2, 0.25) is 0 Å². The minimum Gasteiger partial charge on any atom is -0.366 e. The lowest BCUT2D eigenvalue weighted by Crippen LogP contribution is -2.22. The maximum Gasteiger partial charge on any atom is 0.0602 e. The van der Waals surface area contributed by atoms with Crippen LogP contribution in [0.1, 0.15) is 18.3 Å². The van der Waals surface area contributed by atoms with Crippen LogP contribution in [0.2, 0.25) is 0 Å². The Morgan fingerprint density at radius 1 is 1.00 bits per heavy atom. The van der Waals surface area contributed by atoms with Crippen molar-refractivity contribution < 1.29 is 0 Å². The first-order chi connectivity index (χ1) is 9.33. The van der Waals surface area contributed by atoms with Crippen molar-refractivity contribution in [2.24, 2.45) is 0 Å². The standard InChI is InChI=1S/C16H21N3/c1-3-19(16-10-5-4-6-11-16)13-15-9-7-8-14(18-15)12-17-2/h4-11,17H,3,12-13H2,1-2H3. The number of pyridine rings is 1. The maximum absolute atomic E-state index is 4.67. The molecule has 0 atom stereocenters. The topological polar surface area (TPSA) is 28.2 Å².